The number of rotatable bonds is 7. The summed E-state index contributed by atoms with van der Waals surface area (Å²) >= 11 is 15.2. The number of nitrogens with zero attached hydrogens (tertiary/aromatic N) is 1. The van der Waals surface area contributed by atoms with Crippen molar-refractivity contribution in [2.24, 2.45) is 0 Å². The minimum atomic E-state index is -3.98. The van der Waals surface area contributed by atoms with Crippen LogP contribution in [0.25, 0.3) is 0 Å². The highest BCUT2D eigenvalue weighted by molar-refractivity contribution is 9.09. The van der Waals surface area contributed by atoms with E-state index in [0.29, 0.717) is 11.4 Å². The molecule has 0 aliphatic rings. The zero-order chi connectivity index (χ0) is 18.6. The van der Waals surface area contributed by atoms with Gasteiger partial charge in [-0.15, -0.1) is 0 Å². The molecule has 8 heteroatoms. The molecule has 0 saturated carbocycles. The molecule has 0 heterocycles. The first-order valence-corrected chi connectivity index (χ1v) is 10.9. The van der Waals surface area contributed by atoms with Gasteiger partial charge in [-0.1, -0.05) is 39.1 Å². The summed E-state index contributed by atoms with van der Waals surface area (Å²) in [5, 5.41) is 1.41. The van der Waals surface area contributed by atoms with Crippen molar-refractivity contribution in [3.63, 3.8) is 0 Å². The van der Waals surface area contributed by atoms with E-state index >= 15 is 0 Å². The van der Waals surface area contributed by atoms with Gasteiger partial charge in [0.15, 0.2) is 0 Å². The molecule has 0 radical (unpaired) electrons. The first-order valence-electron chi connectivity index (χ1n) is 7.58. The van der Waals surface area contributed by atoms with Gasteiger partial charge in [-0.2, -0.15) is 0 Å². The molecule has 0 aliphatic heterocycles. The van der Waals surface area contributed by atoms with Gasteiger partial charge in [-0.05, 0) is 62.2 Å². The summed E-state index contributed by atoms with van der Waals surface area (Å²) < 4.78 is 41.9. The quantitative estimate of drug-likeness (QED) is 0.475. The fourth-order valence-electron chi connectivity index (χ4n) is 2.47. The van der Waals surface area contributed by atoms with Crippen LogP contribution in [0.2, 0.25) is 10.0 Å². The van der Waals surface area contributed by atoms with Crippen LogP contribution in [0.5, 0.6) is 0 Å². The van der Waals surface area contributed by atoms with Crippen LogP contribution in [0, 0.1) is 5.82 Å². The highest BCUT2D eigenvalue weighted by Gasteiger charge is 2.31. The topological polar surface area (TPSA) is 37.4 Å². The Hall–Kier alpha value is -0.820. The van der Waals surface area contributed by atoms with E-state index in [0.717, 1.165) is 16.1 Å². The second-order valence-electron chi connectivity index (χ2n) is 5.53. The Labute approximate surface area is 165 Å². The predicted molar refractivity (Wildman–Crippen MR) is 105 cm³/mol. The largest absolute Gasteiger partial charge is 0.264 e. The van der Waals surface area contributed by atoms with Crippen LogP contribution in [0.4, 0.5) is 10.1 Å². The maximum absolute atomic E-state index is 14.4. The van der Waals surface area contributed by atoms with Crippen molar-refractivity contribution in [1.29, 1.82) is 0 Å². The van der Waals surface area contributed by atoms with Gasteiger partial charge < -0.3 is 0 Å². The lowest BCUT2D eigenvalue weighted by Gasteiger charge is -2.31. The molecule has 2 aromatic rings. The SMILES string of the molecule is CC(CCCBr)N(c1cc(Cl)ccc1F)S(=O)(=O)c1ccc(Cl)cc1. The standard InChI is InChI=1S/C17H17BrCl2FNO2S/c1-12(3-2-10-18)22(17-11-14(20)6-9-16(17)21)25(23,24)15-7-4-13(19)5-8-15/h4-9,11-12H,2-3,10H2,1H3. The molecule has 25 heavy (non-hydrogen) atoms. The lowest BCUT2D eigenvalue weighted by atomic mass is 10.2. The Kier molecular flexibility index (Phi) is 7.14. The first kappa shape index (κ1) is 20.5. The lowest BCUT2D eigenvalue weighted by Crippen LogP contribution is -2.39. The van der Waals surface area contributed by atoms with Crippen molar-refractivity contribution in [1.82, 2.24) is 0 Å². The average Bonchev–Trinajstić information content (AvgIpc) is 2.56. The van der Waals surface area contributed by atoms with Gasteiger partial charge in [0.1, 0.15) is 5.82 Å². The van der Waals surface area contributed by atoms with Crippen LogP contribution < -0.4 is 4.31 Å². The maximum atomic E-state index is 14.4. The summed E-state index contributed by atoms with van der Waals surface area (Å²) in [7, 11) is -3.98. The highest BCUT2D eigenvalue weighted by Crippen LogP contribution is 2.32. The number of anilines is 1. The van der Waals surface area contributed by atoms with Crippen molar-refractivity contribution < 1.29 is 12.8 Å². The second-order valence-corrected chi connectivity index (χ2v) is 9.01. The Balaban J connectivity index is 2.57. The van der Waals surface area contributed by atoms with Gasteiger partial charge in [0, 0.05) is 21.4 Å². The van der Waals surface area contributed by atoms with Crippen molar-refractivity contribution in [3.8, 4) is 0 Å². The number of hydrogen-bond acceptors (Lipinski definition) is 2. The molecule has 0 spiro atoms. The Morgan fingerprint density at radius 1 is 1.12 bits per heavy atom. The van der Waals surface area contributed by atoms with Crippen molar-refractivity contribution in [2.45, 2.75) is 30.7 Å². The molecular weight excluding hydrogens is 452 g/mol. The molecular formula is C17H17BrCl2FNO2S. The van der Waals surface area contributed by atoms with Gasteiger partial charge in [-0.25, -0.2) is 12.8 Å². The molecule has 1 unspecified atom stereocenters. The second kappa shape index (κ2) is 8.71. The molecule has 0 fully saturated rings. The Morgan fingerprint density at radius 3 is 2.32 bits per heavy atom. The van der Waals surface area contributed by atoms with Crippen LogP contribution in [0.3, 0.4) is 0 Å². The molecule has 0 N–H and O–H groups in total. The molecule has 2 aromatic carbocycles. The Bertz CT molecular complexity index is 831. The molecule has 2 rings (SSSR count). The summed E-state index contributed by atoms with van der Waals surface area (Å²) in [6, 6.07) is 9.22. The van der Waals surface area contributed by atoms with E-state index in [9.17, 15) is 12.8 Å². The van der Waals surface area contributed by atoms with Crippen molar-refractivity contribution >= 4 is 54.8 Å². The van der Waals surface area contributed by atoms with E-state index in [-0.39, 0.29) is 15.6 Å². The maximum Gasteiger partial charge on any atom is 0.264 e. The third kappa shape index (κ3) is 4.88. The number of benzene rings is 2. The van der Waals surface area contributed by atoms with Crippen LogP contribution in [-0.2, 0) is 10.0 Å². The van der Waals surface area contributed by atoms with E-state index in [1.54, 1.807) is 6.92 Å². The minimum absolute atomic E-state index is 0.0435. The molecule has 0 amide bonds. The average molecular weight is 469 g/mol. The molecule has 0 aliphatic carbocycles. The van der Waals surface area contributed by atoms with E-state index in [2.05, 4.69) is 15.9 Å². The summed E-state index contributed by atoms with van der Waals surface area (Å²) in [4.78, 5) is 0.0435. The molecule has 136 valence electrons. The minimum Gasteiger partial charge on any atom is -0.261 e. The molecule has 0 saturated heterocycles. The predicted octanol–water partition coefficient (Wildman–Crippen LogP) is 5.89. The number of halogens is 4. The van der Waals surface area contributed by atoms with Gasteiger partial charge in [0.25, 0.3) is 10.0 Å². The molecule has 0 aromatic heterocycles. The van der Waals surface area contributed by atoms with E-state index in [4.69, 9.17) is 23.2 Å². The zero-order valence-electron chi connectivity index (χ0n) is 13.4. The summed E-state index contributed by atoms with van der Waals surface area (Å²) in [6.45, 7) is 1.75. The summed E-state index contributed by atoms with van der Waals surface area (Å²) in [6.07, 6.45) is 1.31. The van der Waals surface area contributed by atoms with Gasteiger partial charge in [0.2, 0.25) is 0 Å². The highest BCUT2D eigenvalue weighted by atomic mass is 79.9. The molecule has 3 nitrogen and oxygen atoms in total. The van der Waals surface area contributed by atoms with Crippen LogP contribution in [0.15, 0.2) is 47.4 Å². The summed E-state index contributed by atoms with van der Waals surface area (Å²) in [5.74, 6) is -0.646. The summed E-state index contributed by atoms with van der Waals surface area (Å²) in [5.41, 5.74) is -0.0653. The van der Waals surface area contributed by atoms with E-state index < -0.39 is 21.9 Å². The third-order valence-corrected chi connectivity index (χ3v) is 6.66. The van der Waals surface area contributed by atoms with Crippen LogP contribution in [-0.4, -0.2) is 19.8 Å². The smallest absolute Gasteiger partial charge is 0.261 e. The van der Waals surface area contributed by atoms with E-state index in [1.807, 2.05) is 0 Å². The lowest BCUT2D eigenvalue weighted by molar-refractivity contribution is 0.561. The van der Waals surface area contributed by atoms with Crippen molar-refractivity contribution in [3.05, 3.63) is 58.3 Å². The van der Waals surface area contributed by atoms with E-state index in [1.165, 1.54) is 42.5 Å². The van der Waals surface area contributed by atoms with Gasteiger partial charge >= 0.3 is 0 Å². The number of alkyl halides is 1. The van der Waals surface area contributed by atoms with Crippen LogP contribution in [0.1, 0.15) is 19.8 Å². The third-order valence-electron chi connectivity index (χ3n) is 3.67. The van der Waals surface area contributed by atoms with Gasteiger partial charge in [-0.3, -0.25) is 4.31 Å². The fourth-order valence-corrected chi connectivity index (χ4v) is 4.77. The molecule has 0 bridgehead atoms. The molecule has 1 atom stereocenters. The number of sulfonamides is 1. The normalized spacial score (nSPS) is 12.8. The fraction of sp³-hybridized carbons (Fsp3) is 0.294. The monoisotopic (exact) mass is 467 g/mol. The zero-order valence-corrected chi connectivity index (χ0v) is 17.3. The Morgan fingerprint density at radius 2 is 1.72 bits per heavy atom. The van der Waals surface area contributed by atoms with Crippen molar-refractivity contribution in [2.75, 3.05) is 9.64 Å². The number of hydrogen-bond donors (Lipinski definition) is 0. The van der Waals surface area contributed by atoms with Gasteiger partial charge in [0.05, 0.1) is 10.6 Å². The van der Waals surface area contributed by atoms with Crippen LogP contribution >= 0.6 is 39.1 Å². The first-order chi connectivity index (χ1) is 11.8.